The number of rotatable bonds is 3. The molecule has 1 heteroatoms. The fraction of sp³-hybridized carbons (Fsp3) is 0.273. The fourth-order valence-corrected chi connectivity index (χ4v) is 1.71. The molecule has 0 N–H and O–H groups in total. The van der Waals surface area contributed by atoms with Crippen LogP contribution in [0.15, 0.2) is 46.9 Å². The third kappa shape index (κ3) is 3.14. The Bertz CT molecular complexity index is 249. The lowest BCUT2D eigenvalue weighted by Crippen LogP contribution is -1.79. The second-order valence-corrected chi connectivity index (χ2v) is 3.79. The minimum atomic E-state index is 1.10. The summed E-state index contributed by atoms with van der Waals surface area (Å²) in [5.41, 5.74) is 1.43. The molecular weight excluding hydrogens is 164 g/mol. The molecule has 0 aromatic heterocycles. The summed E-state index contributed by atoms with van der Waals surface area (Å²) in [5.74, 6) is 1.10. The van der Waals surface area contributed by atoms with E-state index in [1.807, 2.05) is 17.8 Å². The van der Waals surface area contributed by atoms with Gasteiger partial charge >= 0.3 is 0 Å². The van der Waals surface area contributed by atoms with Crippen LogP contribution in [0.2, 0.25) is 0 Å². The molecule has 0 heterocycles. The molecule has 0 aliphatic heterocycles. The number of hydrogen-bond donors (Lipinski definition) is 0. The van der Waals surface area contributed by atoms with Crippen molar-refractivity contribution in [1.82, 2.24) is 0 Å². The van der Waals surface area contributed by atoms with Crippen LogP contribution >= 0.6 is 11.8 Å². The average molecular weight is 178 g/mol. The van der Waals surface area contributed by atoms with Gasteiger partial charge in [-0.2, -0.15) is 0 Å². The summed E-state index contributed by atoms with van der Waals surface area (Å²) in [7, 11) is 0. The summed E-state index contributed by atoms with van der Waals surface area (Å²) in [6.45, 7) is 4.25. The summed E-state index contributed by atoms with van der Waals surface area (Å²) in [6.07, 6.45) is 2.16. The molecule has 0 nitrogen and oxygen atoms in total. The van der Waals surface area contributed by atoms with Gasteiger partial charge in [0.25, 0.3) is 0 Å². The topological polar surface area (TPSA) is 0 Å². The molecule has 0 saturated heterocycles. The Hall–Kier alpha value is -0.690. The number of hydrogen-bond acceptors (Lipinski definition) is 1. The summed E-state index contributed by atoms with van der Waals surface area (Å²) in [5, 5.41) is 0. The van der Waals surface area contributed by atoms with E-state index in [1.54, 1.807) is 0 Å². The molecule has 0 amide bonds. The van der Waals surface area contributed by atoms with Crippen LogP contribution in [0.4, 0.5) is 0 Å². The molecule has 1 rings (SSSR count). The first-order valence-electron chi connectivity index (χ1n) is 4.12. The van der Waals surface area contributed by atoms with E-state index >= 15 is 0 Å². The van der Waals surface area contributed by atoms with E-state index in [1.165, 1.54) is 10.5 Å². The molecule has 64 valence electrons. The molecule has 0 unspecified atom stereocenters. The molecule has 1 aromatic carbocycles. The van der Waals surface area contributed by atoms with Gasteiger partial charge in [-0.25, -0.2) is 0 Å². The molecule has 0 aliphatic rings. The first kappa shape index (κ1) is 9.40. The Kier molecular flexibility index (Phi) is 3.95. The average Bonchev–Trinajstić information content (AvgIpc) is 2.16. The lowest BCUT2D eigenvalue weighted by Gasteiger charge is -2.00. The van der Waals surface area contributed by atoms with Gasteiger partial charge < -0.3 is 0 Å². The van der Waals surface area contributed by atoms with Crippen LogP contribution in [0.5, 0.6) is 0 Å². The van der Waals surface area contributed by atoms with E-state index in [4.69, 9.17) is 0 Å². The normalized spacial score (nSPS) is 11.7. The van der Waals surface area contributed by atoms with E-state index < -0.39 is 0 Å². The minimum absolute atomic E-state index is 1.10. The van der Waals surface area contributed by atoms with Crippen LogP contribution in [0, 0.1) is 0 Å². The Morgan fingerprint density at radius 1 is 1.33 bits per heavy atom. The molecule has 1 aromatic rings. The van der Waals surface area contributed by atoms with E-state index in [9.17, 15) is 0 Å². The highest BCUT2D eigenvalue weighted by Gasteiger charge is 1.91. The third-order valence-electron chi connectivity index (χ3n) is 1.70. The van der Waals surface area contributed by atoms with Gasteiger partial charge in [0.1, 0.15) is 0 Å². The predicted octanol–water partition coefficient (Wildman–Crippen LogP) is 3.74. The molecule has 12 heavy (non-hydrogen) atoms. The molecule has 0 bridgehead atoms. The van der Waals surface area contributed by atoms with Gasteiger partial charge in [0.15, 0.2) is 0 Å². The second-order valence-electron chi connectivity index (χ2n) is 2.74. The number of allylic oxidation sites excluding steroid dienone is 1. The summed E-state index contributed by atoms with van der Waals surface area (Å²) < 4.78 is 0. The first-order chi connectivity index (χ1) is 5.83. The van der Waals surface area contributed by atoms with Crippen molar-refractivity contribution in [3.05, 3.63) is 42.0 Å². The molecule has 0 fully saturated rings. The second kappa shape index (κ2) is 5.04. The first-order valence-corrected chi connectivity index (χ1v) is 5.11. The van der Waals surface area contributed by atoms with Crippen LogP contribution < -0.4 is 0 Å². The maximum Gasteiger partial charge on any atom is 0.0187 e. The minimum Gasteiger partial charge on any atom is -0.122 e. The Morgan fingerprint density at radius 3 is 2.58 bits per heavy atom. The van der Waals surface area contributed by atoms with Crippen molar-refractivity contribution >= 4 is 11.8 Å². The van der Waals surface area contributed by atoms with Crippen molar-refractivity contribution in [3.63, 3.8) is 0 Å². The van der Waals surface area contributed by atoms with E-state index in [0.29, 0.717) is 0 Å². The standard InChI is InChI=1S/C11H14S/c1-3-10(2)9-12-11-7-5-4-6-8-11/h3-8H,9H2,1-2H3/b10-3-. The van der Waals surface area contributed by atoms with Crippen molar-refractivity contribution in [2.75, 3.05) is 5.75 Å². The highest BCUT2D eigenvalue weighted by atomic mass is 32.2. The van der Waals surface area contributed by atoms with Crippen LogP contribution in [0.3, 0.4) is 0 Å². The zero-order valence-corrected chi connectivity index (χ0v) is 8.40. The smallest absolute Gasteiger partial charge is 0.0187 e. The van der Waals surface area contributed by atoms with Crippen molar-refractivity contribution < 1.29 is 0 Å². The summed E-state index contributed by atoms with van der Waals surface area (Å²) in [4.78, 5) is 1.35. The maximum absolute atomic E-state index is 2.16. The van der Waals surface area contributed by atoms with E-state index in [0.717, 1.165) is 5.75 Å². The van der Waals surface area contributed by atoms with Gasteiger partial charge in [-0.15, -0.1) is 11.8 Å². The lowest BCUT2D eigenvalue weighted by molar-refractivity contribution is 1.36. The highest BCUT2D eigenvalue weighted by molar-refractivity contribution is 7.99. The lowest BCUT2D eigenvalue weighted by atomic mass is 10.3. The van der Waals surface area contributed by atoms with E-state index in [-0.39, 0.29) is 0 Å². The molecule has 0 saturated carbocycles. The zero-order valence-electron chi connectivity index (χ0n) is 7.58. The SMILES string of the molecule is C/C=C(/C)CSc1ccccc1. The summed E-state index contributed by atoms with van der Waals surface area (Å²) in [6, 6.07) is 10.5. The predicted molar refractivity (Wildman–Crippen MR) is 56.6 cm³/mol. The van der Waals surface area contributed by atoms with Gasteiger partial charge in [-0.1, -0.05) is 29.8 Å². The Labute approximate surface area is 78.7 Å². The Balaban J connectivity index is 2.44. The molecule has 0 radical (unpaired) electrons. The van der Waals surface area contributed by atoms with E-state index in [2.05, 4.69) is 44.2 Å². The molecular formula is C11H14S. The van der Waals surface area contributed by atoms with Crippen LogP contribution in [-0.4, -0.2) is 5.75 Å². The number of benzene rings is 1. The highest BCUT2D eigenvalue weighted by Crippen LogP contribution is 2.19. The van der Waals surface area contributed by atoms with Crippen LogP contribution in [0.1, 0.15) is 13.8 Å². The molecule has 0 spiro atoms. The maximum atomic E-state index is 2.16. The fourth-order valence-electron chi connectivity index (χ4n) is 0.797. The van der Waals surface area contributed by atoms with Crippen LogP contribution in [0.25, 0.3) is 0 Å². The van der Waals surface area contributed by atoms with Crippen molar-refractivity contribution in [2.45, 2.75) is 18.7 Å². The quantitative estimate of drug-likeness (QED) is 0.502. The van der Waals surface area contributed by atoms with Crippen molar-refractivity contribution in [1.29, 1.82) is 0 Å². The van der Waals surface area contributed by atoms with Crippen molar-refractivity contribution in [3.8, 4) is 0 Å². The summed E-state index contributed by atoms with van der Waals surface area (Å²) >= 11 is 1.88. The van der Waals surface area contributed by atoms with Gasteiger partial charge in [0, 0.05) is 10.6 Å². The monoisotopic (exact) mass is 178 g/mol. The molecule has 0 aliphatic carbocycles. The van der Waals surface area contributed by atoms with Gasteiger partial charge in [-0.05, 0) is 26.0 Å². The van der Waals surface area contributed by atoms with Gasteiger partial charge in [-0.3, -0.25) is 0 Å². The number of thioether (sulfide) groups is 1. The zero-order chi connectivity index (χ0) is 8.81. The van der Waals surface area contributed by atoms with Crippen LogP contribution in [-0.2, 0) is 0 Å². The Morgan fingerprint density at radius 2 is 2.00 bits per heavy atom. The van der Waals surface area contributed by atoms with Gasteiger partial charge in [0.2, 0.25) is 0 Å². The van der Waals surface area contributed by atoms with Gasteiger partial charge in [0.05, 0.1) is 0 Å². The largest absolute Gasteiger partial charge is 0.122 e. The van der Waals surface area contributed by atoms with Crippen molar-refractivity contribution in [2.24, 2.45) is 0 Å². The third-order valence-corrected chi connectivity index (χ3v) is 2.91. The molecule has 0 atom stereocenters.